The number of hydrogen-bond acceptors (Lipinski definition) is 3. The number of nitrogens with one attached hydrogen (secondary N) is 1. The lowest BCUT2D eigenvalue weighted by Gasteiger charge is -2.22. The van der Waals surface area contributed by atoms with Crippen molar-refractivity contribution < 1.29 is 0 Å². The van der Waals surface area contributed by atoms with Crippen molar-refractivity contribution in [3.8, 4) is 0 Å². The summed E-state index contributed by atoms with van der Waals surface area (Å²) >= 11 is 1.90. The van der Waals surface area contributed by atoms with Crippen LogP contribution in [0.5, 0.6) is 0 Å². The van der Waals surface area contributed by atoms with Gasteiger partial charge in [-0.05, 0) is 70.6 Å². The molecule has 0 bridgehead atoms. The Labute approximate surface area is 115 Å². The summed E-state index contributed by atoms with van der Waals surface area (Å²) in [6, 6.07) is 5.72. The molecule has 1 fully saturated rings. The molecule has 0 amide bonds. The highest BCUT2D eigenvalue weighted by Gasteiger charge is 2.32. The molecule has 1 aliphatic carbocycles. The van der Waals surface area contributed by atoms with Crippen molar-refractivity contribution in [2.75, 3.05) is 20.1 Å². The highest BCUT2D eigenvalue weighted by molar-refractivity contribution is 7.10. The van der Waals surface area contributed by atoms with Crippen LogP contribution in [0.2, 0.25) is 0 Å². The van der Waals surface area contributed by atoms with Crippen molar-refractivity contribution in [1.82, 2.24) is 10.2 Å². The molecule has 3 heteroatoms. The zero-order chi connectivity index (χ0) is 13.0. The van der Waals surface area contributed by atoms with Crippen LogP contribution < -0.4 is 5.32 Å². The molecular formula is C15H26N2S. The smallest absolute Gasteiger partial charge is 0.0443 e. The first-order valence-corrected chi connectivity index (χ1v) is 8.03. The molecule has 1 heterocycles. The lowest BCUT2D eigenvalue weighted by atomic mass is 10.1. The van der Waals surface area contributed by atoms with E-state index in [-0.39, 0.29) is 0 Å². The van der Waals surface area contributed by atoms with Gasteiger partial charge < -0.3 is 10.2 Å². The van der Waals surface area contributed by atoms with E-state index < -0.39 is 0 Å². The topological polar surface area (TPSA) is 15.3 Å². The van der Waals surface area contributed by atoms with Gasteiger partial charge in [0.15, 0.2) is 0 Å². The van der Waals surface area contributed by atoms with Gasteiger partial charge in [0, 0.05) is 17.0 Å². The Morgan fingerprint density at radius 1 is 1.44 bits per heavy atom. The molecule has 1 aromatic rings. The molecule has 0 radical (unpaired) electrons. The molecule has 1 N–H and O–H groups in total. The standard InChI is InChI=1S/C15H26N2S/c1-12(2)17(3)10-5-9-16-15(13-7-8-13)14-6-4-11-18-14/h4,6,11-13,15-16H,5,7-10H2,1-3H3. The predicted octanol–water partition coefficient (Wildman–Crippen LogP) is 3.52. The molecule has 0 aliphatic heterocycles. The van der Waals surface area contributed by atoms with E-state index in [2.05, 4.69) is 48.6 Å². The van der Waals surface area contributed by atoms with E-state index in [1.54, 1.807) is 0 Å². The second-order valence-corrected chi connectivity index (χ2v) is 6.69. The molecule has 2 nitrogen and oxygen atoms in total. The van der Waals surface area contributed by atoms with Gasteiger partial charge in [-0.15, -0.1) is 11.3 Å². The molecule has 1 atom stereocenters. The van der Waals surface area contributed by atoms with Crippen LogP contribution >= 0.6 is 11.3 Å². The first kappa shape index (κ1) is 14.0. The predicted molar refractivity (Wildman–Crippen MR) is 80.2 cm³/mol. The minimum Gasteiger partial charge on any atom is -0.309 e. The van der Waals surface area contributed by atoms with E-state index >= 15 is 0 Å². The molecule has 0 spiro atoms. The maximum absolute atomic E-state index is 3.76. The van der Waals surface area contributed by atoms with Crippen LogP contribution in [0.1, 0.15) is 44.0 Å². The van der Waals surface area contributed by atoms with Gasteiger partial charge in [0.05, 0.1) is 0 Å². The van der Waals surface area contributed by atoms with Gasteiger partial charge in [0.1, 0.15) is 0 Å². The summed E-state index contributed by atoms with van der Waals surface area (Å²) in [5.41, 5.74) is 0. The first-order chi connectivity index (χ1) is 8.68. The maximum Gasteiger partial charge on any atom is 0.0443 e. The lowest BCUT2D eigenvalue weighted by molar-refractivity contribution is 0.267. The largest absolute Gasteiger partial charge is 0.309 e. The number of thiophene rings is 1. The monoisotopic (exact) mass is 266 g/mol. The Morgan fingerprint density at radius 3 is 2.78 bits per heavy atom. The van der Waals surface area contributed by atoms with Gasteiger partial charge in [-0.3, -0.25) is 0 Å². The molecule has 1 aromatic heterocycles. The number of rotatable bonds is 8. The van der Waals surface area contributed by atoms with Crippen LogP contribution in [-0.4, -0.2) is 31.1 Å². The third kappa shape index (κ3) is 4.08. The average Bonchev–Trinajstić information content (AvgIpc) is 3.03. The van der Waals surface area contributed by atoms with Crippen molar-refractivity contribution in [3.05, 3.63) is 22.4 Å². The molecule has 2 rings (SSSR count). The van der Waals surface area contributed by atoms with Gasteiger partial charge in [-0.2, -0.15) is 0 Å². The highest BCUT2D eigenvalue weighted by atomic mass is 32.1. The molecule has 0 saturated heterocycles. The summed E-state index contributed by atoms with van der Waals surface area (Å²) in [6.45, 7) is 6.83. The summed E-state index contributed by atoms with van der Waals surface area (Å²) in [5.74, 6) is 0.895. The van der Waals surface area contributed by atoms with Crippen LogP contribution in [0.15, 0.2) is 17.5 Å². The second-order valence-electron chi connectivity index (χ2n) is 5.71. The third-order valence-electron chi connectivity index (χ3n) is 3.88. The van der Waals surface area contributed by atoms with Gasteiger partial charge in [0.25, 0.3) is 0 Å². The van der Waals surface area contributed by atoms with Crippen LogP contribution in [-0.2, 0) is 0 Å². The van der Waals surface area contributed by atoms with E-state index in [1.807, 2.05) is 11.3 Å². The zero-order valence-corrected chi connectivity index (χ0v) is 12.7. The van der Waals surface area contributed by atoms with E-state index in [9.17, 15) is 0 Å². The summed E-state index contributed by atoms with van der Waals surface area (Å²) in [4.78, 5) is 3.94. The maximum atomic E-state index is 3.76. The van der Waals surface area contributed by atoms with E-state index in [0.717, 1.165) is 12.5 Å². The van der Waals surface area contributed by atoms with E-state index in [0.29, 0.717) is 12.1 Å². The molecule has 18 heavy (non-hydrogen) atoms. The number of nitrogens with zero attached hydrogens (tertiary/aromatic N) is 1. The first-order valence-electron chi connectivity index (χ1n) is 7.15. The fraction of sp³-hybridized carbons (Fsp3) is 0.733. The summed E-state index contributed by atoms with van der Waals surface area (Å²) in [6.07, 6.45) is 4.05. The van der Waals surface area contributed by atoms with Crippen LogP contribution in [0, 0.1) is 5.92 Å². The van der Waals surface area contributed by atoms with Crippen molar-refractivity contribution in [2.24, 2.45) is 5.92 Å². The van der Waals surface area contributed by atoms with Gasteiger partial charge in [0.2, 0.25) is 0 Å². The van der Waals surface area contributed by atoms with Crippen molar-refractivity contribution in [3.63, 3.8) is 0 Å². The molecular weight excluding hydrogens is 240 g/mol. The molecule has 1 aliphatic rings. The fourth-order valence-electron chi connectivity index (χ4n) is 2.24. The van der Waals surface area contributed by atoms with E-state index in [1.165, 1.54) is 30.7 Å². The number of hydrogen-bond donors (Lipinski definition) is 1. The summed E-state index contributed by atoms with van der Waals surface area (Å²) in [5, 5.41) is 5.96. The Kier molecular flexibility index (Phi) is 5.22. The Morgan fingerprint density at radius 2 is 2.22 bits per heavy atom. The quantitative estimate of drug-likeness (QED) is 0.724. The van der Waals surface area contributed by atoms with Crippen molar-refractivity contribution in [1.29, 1.82) is 0 Å². The van der Waals surface area contributed by atoms with Crippen LogP contribution in [0.25, 0.3) is 0 Å². The Hall–Kier alpha value is -0.380. The minimum atomic E-state index is 0.620. The average molecular weight is 266 g/mol. The van der Waals surface area contributed by atoms with Gasteiger partial charge in [-0.1, -0.05) is 6.07 Å². The Bertz CT molecular complexity index is 330. The highest BCUT2D eigenvalue weighted by Crippen LogP contribution is 2.42. The molecule has 1 saturated carbocycles. The van der Waals surface area contributed by atoms with Gasteiger partial charge >= 0.3 is 0 Å². The second kappa shape index (κ2) is 6.69. The minimum absolute atomic E-state index is 0.620. The van der Waals surface area contributed by atoms with Crippen molar-refractivity contribution in [2.45, 2.75) is 45.2 Å². The zero-order valence-electron chi connectivity index (χ0n) is 11.9. The normalized spacial score (nSPS) is 17.6. The van der Waals surface area contributed by atoms with E-state index in [4.69, 9.17) is 0 Å². The van der Waals surface area contributed by atoms with Crippen LogP contribution in [0.4, 0.5) is 0 Å². The van der Waals surface area contributed by atoms with Crippen molar-refractivity contribution >= 4 is 11.3 Å². The third-order valence-corrected chi connectivity index (χ3v) is 4.83. The summed E-state index contributed by atoms with van der Waals surface area (Å²) in [7, 11) is 2.21. The molecule has 102 valence electrons. The fourth-order valence-corrected chi connectivity index (χ4v) is 3.14. The molecule has 0 aromatic carbocycles. The Balaban J connectivity index is 1.71. The lowest BCUT2D eigenvalue weighted by Crippen LogP contribution is -2.31. The SMILES string of the molecule is CC(C)N(C)CCCNC(c1cccs1)C1CC1. The summed E-state index contributed by atoms with van der Waals surface area (Å²) < 4.78 is 0. The van der Waals surface area contributed by atoms with Crippen LogP contribution in [0.3, 0.4) is 0 Å². The van der Waals surface area contributed by atoms with Gasteiger partial charge in [-0.25, -0.2) is 0 Å². The molecule has 1 unspecified atom stereocenters.